The van der Waals surface area contributed by atoms with Gasteiger partial charge in [-0.05, 0) is 24.3 Å². The molecule has 0 bridgehead atoms. The lowest BCUT2D eigenvalue weighted by Gasteiger charge is -2.18. The fraction of sp³-hybridized carbons (Fsp3) is 0.125. The molecule has 130 valence electrons. The summed E-state index contributed by atoms with van der Waals surface area (Å²) in [5.41, 5.74) is 0.646. The quantitative estimate of drug-likeness (QED) is 0.551. The van der Waals surface area contributed by atoms with Crippen molar-refractivity contribution in [2.45, 2.75) is 11.4 Å². The Balaban J connectivity index is 1.95. The normalized spacial score (nSPS) is 11.6. The molecule has 1 aromatic heterocycles. The molecule has 1 heterocycles. The second kappa shape index (κ2) is 6.19. The maximum absolute atomic E-state index is 11.4. The first-order chi connectivity index (χ1) is 11.8. The topological polar surface area (TPSA) is 120 Å². The van der Waals surface area contributed by atoms with Crippen LogP contribution < -0.4 is 10.0 Å². The number of hydrogen-bond donors (Lipinski definition) is 1. The first-order valence-electron chi connectivity index (χ1n) is 7.25. The van der Waals surface area contributed by atoms with E-state index in [2.05, 4.69) is 0 Å². The molecule has 0 aliphatic rings. The molecule has 0 aliphatic heterocycles. The molecule has 25 heavy (non-hydrogen) atoms. The molecule has 0 aliphatic carbocycles. The number of primary sulfonamides is 1. The van der Waals surface area contributed by atoms with Crippen LogP contribution >= 0.6 is 0 Å². The number of fused-ring (bicyclic) bond motifs is 1. The Hall–Kier alpha value is -2.91. The maximum Gasteiger partial charge on any atom is 0.293 e. The number of hydrogen-bond acceptors (Lipinski definition) is 6. The Morgan fingerprint density at radius 3 is 2.56 bits per heavy atom. The summed E-state index contributed by atoms with van der Waals surface area (Å²) >= 11 is 0. The Bertz CT molecular complexity index is 1030. The molecule has 0 unspecified atom stereocenters. The highest BCUT2D eigenvalue weighted by atomic mass is 32.2. The molecule has 0 radical (unpaired) electrons. The number of nitro groups is 1. The monoisotopic (exact) mass is 361 g/mol. The van der Waals surface area contributed by atoms with E-state index in [4.69, 9.17) is 9.56 Å². The lowest BCUT2D eigenvalue weighted by atomic mass is 10.2. The van der Waals surface area contributed by atoms with Gasteiger partial charge in [0.2, 0.25) is 10.0 Å². The van der Waals surface area contributed by atoms with Crippen LogP contribution in [0.1, 0.15) is 5.76 Å². The van der Waals surface area contributed by atoms with E-state index in [1.165, 1.54) is 12.1 Å². The third kappa shape index (κ3) is 3.47. The lowest BCUT2D eigenvalue weighted by Crippen LogP contribution is -2.18. The van der Waals surface area contributed by atoms with Crippen LogP contribution in [0.5, 0.6) is 0 Å². The van der Waals surface area contributed by atoms with Crippen molar-refractivity contribution in [3.05, 3.63) is 64.4 Å². The number of nitro benzene ring substituents is 1. The Morgan fingerprint density at radius 1 is 1.20 bits per heavy atom. The van der Waals surface area contributed by atoms with Gasteiger partial charge in [-0.15, -0.1) is 0 Å². The highest BCUT2D eigenvalue weighted by Crippen LogP contribution is 2.31. The fourth-order valence-electron chi connectivity index (χ4n) is 2.58. The van der Waals surface area contributed by atoms with E-state index in [9.17, 15) is 18.5 Å². The van der Waals surface area contributed by atoms with Gasteiger partial charge in [-0.3, -0.25) is 10.1 Å². The van der Waals surface area contributed by atoms with Crippen LogP contribution in [0.2, 0.25) is 0 Å². The summed E-state index contributed by atoms with van der Waals surface area (Å²) in [6, 6.07) is 12.9. The van der Waals surface area contributed by atoms with E-state index in [1.54, 1.807) is 11.9 Å². The van der Waals surface area contributed by atoms with Crippen molar-refractivity contribution in [1.82, 2.24) is 0 Å². The van der Waals surface area contributed by atoms with Gasteiger partial charge < -0.3 is 9.32 Å². The molecular weight excluding hydrogens is 346 g/mol. The lowest BCUT2D eigenvalue weighted by molar-refractivity contribution is -0.384. The summed E-state index contributed by atoms with van der Waals surface area (Å²) in [5, 5.41) is 17.3. The number of sulfonamides is 1. The highest BCUT2D eigenvalue weighted by Gasteiger charge is 2.22. The van der Waals surface area contributed by atoms with Crippen molar-refractivity contribution in [2.24, 2.45) is 5.14 Å². The second-order valence-electron chi connectivity index (χ2n) is 5.56. The molecule has 3 rings (SSSR count). The number of benzene rings is 2. The fourth-order valence-corrected chi connectivity index (χ4v) is 3.12. The summed E-state index contributed by atoms with van der Waals surface area (Å²) in [6.07, 6.45) is 0. The first-order valence-corrected chi connectivity index (χ1v) is 8.80. The van der Waals surface area contributed by atoms with E-state index in [0.29, 0.717) is 5.76 Å². The summed E-state index contributed by atoms with van der Waals surface area (Å²) in [7, 11) is -2.36. The van der Waals surface area contributed by atoms with Crippen molar-refractivity contribution >= 4 is 32.4 Å². The van der Waals surface area contributed by atoms with Gasteiger partial charge >= 0.3 is 0 Å². The van der Waals surface area contributed by atoms with Crippen molar-refractivity contribution in [1.29, 1.82) is 0 Å². The molecule has 8 nitrogen and oxygen atoms in total. The molecule has 2 N–H and O–H groups in total. The van der Waals surface area contributed by atoms with E-state index >= 15 is 0 Å². The zero-order valence-corrected chi connectivity index (χ0v) is 14.1. The number of anilines is 1. The van der Waals surface area contributed by atoms with Crippen LogP contribution in [-0.2, 0) is 16.6 Å². The zero-order valence-electron chi connectivity index (χ0n) is 13.2. The van der Waals surface area contributed by atoms with Gasteiger partial charge in [0.1, 0.15) is 17.0 Å². The summed E-state index contributed by atoms with van der Waals surface area (Å²) < 4.78 is 28.5. The van der Waals surface area contributed by atoms with Gasteiger partial charge in [0.05, 0.1) is 16.4 Å². The van der Waals surface area contributed by atoms with E-state index in [1.807, 2.05) is 30.3 Å². The molecule has 0 saturated carbocycles. The maximum atomic E-state index is 11.4. The molecule has 0 atom stereocenters. The summed E-state index contributed by atoms with van der Waals surface area (Å²) in [4.78, 5) is 12.0. The molecule has 0 fully saturated rings. The average molecular weight is 361 g/mol. The van der Waals surface area contributed by atoms with E-state index in [-0.39, 0.29) is 22.8 Å². The van der Waals surface area contributed by atoms with Gasteiger partial charge in [0.15, 0.2) is 0 Å². The van der Waals surface area contributed by atoms with Gasteiger partial charge in [-0.25, -0.2) is 13.6 Å². The minimum Gasteiger partial charge on any atom is -0.459 e. The molecule has 9 heteroatoms. The number of para-hydroxylation sites is 1. The second-order valence-corrected chi connectivity index (χ2v) is 7.12. The number of furan rings is 1. The van der Waals surface area contributed by atoms with Crippen molar-refractivity contribution < 1.29 is 17.8 Å². The Labute approximate surface area is 143 Å². The number of rotatable bonds is 5. The van der Waals surface area contributed by atoms with Crippen LogP contribution in [0.15, 0.2) is 57.8 Å². The minimum atomic E-state index is -4.02. The third-order valence-electron chi connectivity index (χ3n) is 3.75. The summed E-state index contributed by atoms with van der Waals surface area (Å²) in [5.74, 6) is 0.633. The van der Waals surface area contributed by atoms with Gasteiger partial charge in [-0.1, -0.05) is 18.2 Å². The van der Waals surface area contributed by atoms with Crippen LogP contribution in [-0.4, -0.2) is 20.4 Å². The molecule has 3 aromatic rings. The van der Waals surface area contributed by atoms with Crippen LogP contribution in [0.25, 0.3) is 11.0 Å². The standard InChI is InChI=1S/C16H15N3O5S/c1-18(10-12-8-11-4-2-3-5-16(11)24-12)14-7-6-13(25(17,22)23)9-15(14)19(20)21/h2-9H,10H2,1H3,(H2,17,22,23). The van der Waals surface area contributed by atoms with Crippen molar-refractivity contribution in [2.75, 3.05) is 11.9 Å². The smallest absolute Gasteiger partial charge is 0.293 e. The minimum absolute atomic E-state index is 0.262. The van der Waals surface area contributed by atoms with Gasteiger partial charge in [0, 0.05) is 18.5 Å². The van der Waals surface area contributed by atoms with Crippen LogP contribution in [0.3, 0.4) is 0 Å². The molecule has 0 amide bonds. The molecular formula is C16H15N3O5S. The average Bonchev–Trinajstić information content (AvgIpc) is 2.95. The largest absolute Gasteiger partial charge is 0.459 e. The van der Waals surface area contributed by atoms with Gasteiger partial charge in [-0.2, -0.15) is 0 Å². The van der Waals surface area contributed by atoms with Gasteiger partial charge in [0.25, 0.3) is 5.69 Å². The SMILES string of the molecule is CN(Cc1cc2ccccc2o1)c1ccc(S(N)(=O)=O)cc1[N+](=O)[O-]. The highest BCUT2D eigenvalue weighted by molar-refractivity contribution is 7.89. The van der Waals surface area contributed by atoms with E-state index < -0.39 is 14.9 Å². The van der Waals surface area contributed by atoms with Crippen molar-refractivity contribution in [3.8, 4) is 0 Å². The zero-order chi connectivity index (χ0) is 18.2. The van der Waals surface area contributed by atoms with Crippen LogP contribution in [0, 0.1) is 10.1 Å². The predicted molar refractivity (Wildman–Crippen MR) is 92.8 cm³/mol. The number of nitrogens with two attached hydrogens (primary N) is 1. The Kier molecular flexibility index (Phi) is 4.19. The molecule has 2 aromatic carbocycles. The number of nitrogens with zero attached hydrogens (tertiary/aromatic N) is 2. The Morgan fingerprint density at radius 2 is 1.92 bits per heavy atom. The summed E-state index contributed by atoms with van der Waals surface area (Å²) in [6.45, 7) is 0.282. The van der Waals surface area contributed by atoms with E-state index in [0.717, 1.165) is 17.0 Å². The van der Waals surface area contributed by atoms with Crippen molar-refractivity contribution in [3.63, 3.8) is 0 Å². The van der Waals surface area contributed by atoms with Crippen LogP contribution in [0.4, 0.5) is 11.4 Å². The third-order valence-corrected chi connectivity index (χ3v) is 4.66. The molecule has 0 spiro atoms. The predicted octanol–water partition coefficient (Wildman–Crippen LogP) is 2.62. The molecule has 0 saturated heterocycles. The first kappa shape index (κ1) is 16.9.